The maximum absolute atomic E-state index is 5.76. The van der Waals surface area contributed by atoms with Gasteiger partial charge in [0, 0.05) is 29.1 Å². The first kappa shape index (κ1) is 14.0. The Hall–Kier alpha value is -0.450. The molecule has 0 spiro atoms. The molecule has 3 unspecified atom stereocenters. The summed E-state index contributed by atoms with van der Waals surface area (Å²) in [6.45, 7) is 11.7. The molecule has 2 rings (SSSR count). The molecule has 0 aromatic carbocycles. The summed E-state index contributed by atoms with van der Waals surface area (Å²) in [6, 6.07) is 0.851. The minimum atomic E-state index is 0.219. The molecule has 1 saturated carbocycles. The predicted octanol–water partition coefficient (Wildman–Crippen LogP) is 3.31. The van der Waals surface area contributed by atoms with E-state index in [0.717, 1.165) is 13.0 Å². The van der Waals surface area contributed by atoms with Crippen LogP contribution in [0.2, 0.25) is 0 Å². The number of aromatic nitrogens is 1. The van der Waals surface area contributed by atoms with Crippen LogP contribution >= 0.6 is 11.3 Å². The maximum atomic E-state index is 5.76. The average Bonchev–Trinajstić information content (AvgIpc) is 2.74. The van der Waals surface area contributed by atoms with Gasteiger partial charge in [-0.25, -0.2) is 4.98 Å². The van der Waals surface area contributed by atoms with Gasteiger partial charge in [0.15, 0.2) is 0 Å². The van der Waals surface area contributed by atoms with E-state index in [9.17, 15) is 0 Å². The number of nitrogens with zero attached hydrogens (tertiary/aromatic N) is 1. The first-order valence-corrected chi connectivity index (χ1v) is 7.56. The number of rotatable bonds is 5. The van der Waals surface area contributed by atoms with Crippen molar-refractivity contribution in [3.63, 3.8) is 0 Å². The van der Waals surface area contributed by atoms with Crippen LogP contribution in [0.4, 0.5) is 0 Å². The van der Waals surface area contributed by atoms with Crippen LogP contribution in [-0.4, -0.2) is 23.7 Å². The van der Waals surface area contributed by atoms with Gasteiger partial charge in [-0.1, -0.05) is 13.8 Å². The topological polar surface area (TPSA) is 34.1 Å². The van der Waals surface area contributed by atoms with Crippen molar-refractivity contribution in [3.8, 4) is 0 Å². The van der Waals surface area contributed by atoms with Crippen LogP contribution in [0.15, 0.2) is 6.20 Å². The van der Waals surface area contributed by atoms with Crippen LogP contribution in [-0.2, 0) is 4.74 Å². The van der Waals surface area contributed by atoms with Gasteiger partial charge < -0.3 is 10.1 Å². The third kappa shape index (κ3) is 2.60. The van der Waals surface area contributed by atoms with Crippen molar-refractivity contribution in [2.24, 2.45) is 5.41 Å². The first-order valence-electron chi connectivity index (χ1n) is 6.75. The number of hydrogen-bond donors (Lipinski definition) is 1. The largest absolute Gasteiger partial charge is 0.378 e. The van der Waals surface area contributed by atoms with Gasteiger partial charge in [0.25, 0.3) is 0 Å². The molecular weight excluding hydrogens is 244 g/mol. The lowest BCUT2D eigenvalue weighted by Gasteiger charge is -2.52. The van der Waals surface area contributed by atoms with Crippen LogP contribution in [0, 0.1) is 12.3 Å². The summed E-state index contributed by atoms with van der Waals surface area (Å²) in [5.41, 5.74) is 0.219. The molecule has 0 bridgehead atoms. The van der Waals surface area contributed by atoms with Crippen LogP contribution < -0.4 is 5.32 Å². The van der Waals surface area contributed by atoms with Crippen LogP contribution in [0.25, 0.3) is 0 Å². The highest BCUT2D eigenvalue weighted by atomic mass is 32.1. The maximum Gasteiger partial charge on any atom is 0.109 e. The lowest BCUT2D eigenvalue weighted by Crippen LogP contribution is -2.61. The average molecular weight is 268 g/mol. The molecule has 18 heavy (non-hydrogen) atoms. The van der Waals surface area contributed by atoms with Crippen molar-refractivity contribution in [2.75, 3.05) is 6.61 Å². The van der Waals surface area contributed by atoms with E-state index in [1.165, 1.54) is 9.88 Å². The van der Waals surface area contributed by atoms with Crippen molar-refractivity contribution >= 4 is 11.3 Å². The summed E-state index contributed by atoms with van der Waals surface area (Å²) in [6.07, 6.45) is 3.45. The van der Waals surface area contributed by atoms with E-state index in [4.69, 9.17) is 4.74 Å². The van der Waals surface area contributed by atoms with E-state index in [-0.39, 0.29) is 5.41 Å². The van der Waals surface area contributed by atoms with Gasteiger partial charge in [-0.05, 0) is 27.2 Å². The van der Waals surface area contributed by atoms with Gasteiger partial charge in [-0.15, -0.1) is 11.3 Å². The zero-order chi connectivity index (χ0) is 13.3. The van der Waals surface area contributed by atoms with Gasteiger partial charge in [-0.3, -0.25) is 0 Å². The van der Waals surface area contributed by atoms with Crippen LogP contribution in [0.3, 0.4) is 0 Å². The fourth-order valence-corrected chi connectivity index (χ4v) is 3.38. The molecule has 4 heteroatoms. The van der Waals surface area contributed by atoms with Crippen molar-refractivity contribution in [2.45, 2.75) is 59.2 Å². The Balaban J connectivity index is 1.91. The quantitative estimate of drug-likeness (QED) is 0.889. The molecule has 1 N–H and O–H groups in total. The normalized spacial score (nSPS) is 27.8. The fraction of sp³-hybridized carbons (Fsp3) is 0.786. The Bertz CT molecular complexity index is 402. The van der Waals surface area contributed by atoms with E-state index in [1.54, 1.807) is 11.3 Å². The minimum absolute atomic E-state index is 0.219. The minimum Gasteiger partial charge on any atom is -0.378 e. The summed E-state index contributed by atoms with van der Waals surface area (Å²) >= 11 is 1.78. The Labute approximate surface area is 114 Å². The molecule has 1 aromatic rings. The second kappa shape index (κ2) is 5.27. The summed E-state index contributed by atoms with van der Waals surface area (Å²) in [5, 5.41) is 4.88. The zero-order valence-corrected chi connectivity index (χ0v) is 12.8. The van der Waals surface area contributed by atoms with Gasteiger partial charge in [-0.2, -0.15) is 0 Å². The number of ether oxygens (including phenoxy) is 1. The fourth-order valence-electron chi connectivity index (χ4n) is 2.60. The zero-order valence-electron chi connectivity index (χ0n) is 12.0. The van der Waals surface area contributed by atoms with Gasteiger partial charge >= 0.3 is 0 Å². The smallest absolute Gasteiger partial charge is 0.109 e. The molecule has 0 aliphatic heterocycles. The Morgan fingerprint density at radius 2 is 2.33 bits per heavy atom. The van der Waals surface area contributed by atoms with Crippen molar-refractivity contribution < 1.29 is 4.74 Å². The van der Waals surface area contributed by atoms with Crippen molar-refractivity contribution in [3.05, 3.63) is 16.1 Å². The summed E-state index contributed by atoms with van der Waals surface area (Å²) in [4.78, 5) is 5.73. The number of nitrogens with one attached hydrogen (secondary N) is 1. The number of aryl methyl sites for hydroxylation is 1. The highest BCUT2D eigenvalue weighted by Gasteiger charge is 2.49. The summed E-state index contributed by atoms with van der Waals surface area (Å²) in [7, 11) is 0. The lowest BCUT2D eigenvalue weighted by atomic mass is 9.64. The van der Waals surface area contributed by atoms with E-state index in [0.29, 0.717) is 18.2 Å². The molecule has 102 valence electrons. The number of hydrogen-bond acceptors (Lipinski definition) is 4. The molecule has 1 fully saturated rings. The molecule has 0 amide bonds. The highest BCUT2D eigenvalue weighted by molar-refractivity contribution is 7.11. The monoisotopic (exact) mass is 268 g/mol. The van der Waals surface area contributed by atoms with Crippen molar-refractivity contribution in [1.29, 1.82) is 0 Å². The van der Waals surface area contributed by atoms with Crippen molar-refractivity contribution in [1.82, 2.24) is 10.3 Å². The van der Waals surface area contributed by atoms with E-state index in [1.807, 2.05) is 6.20 Å². The van der Waals surface area contributed by atoms with E-state index >= 15 is 0 Å². The molecule has 1 heterocycles. The lowest BCUT2D eigenvalue weighted by molar-refractivity contribution is -0.116. The third-order valence-corrected chi connectivity index (χ3v) is 5.10. The predicted molar refractivity (Wildman–Crippen MR) is 76.0 cm³/mol. The molecular formula is C14H24N2OS. The second-order valence-electron chi connectivity index (χ2n) is 5.75. The standard InChI is InChI=1S/C14H24N2OS/c1-6-17-12-7-11(14(12,4)5)16-10(3)13-15-8-9(2)18-13/h8,10-12,16H,6-7H2,1-5H3. The molecule has 0 saturated heterocycles. The van der Waals surface area contributed by atoms with E-state index < -0.39 is 0 Å². The Morgan fingerprint density at radius 3 is 2.83 bits per heavy atom. The molecule has 3 atom stereocenters. The molecule has 1 aliphatic rings. The summed E-state index contributed by atoms with van der Waals surface area (Å²) < 4.78 is 5.76. The van der Waals surface area contributed by atoms with Gasteiger partial charge in [0.05, 0.1) is 12.1 Å². The molecule has 1 aromatic heterocycles. The van der Waals surface area contributed by atoms with Crippen LogP contribution in [0.1, 0.15) is 50.0 Å². The molecule has 3 nitrogen and oxygen atoms in total. The Kier molecular flexibility index (Phi) is 4.09. The van der Waals surface area contributed by atoms with Crippen LogP contribution in [0.5, 0.6) is 0 Å². The second-order valence-corrected chi connectivity index (χ2v) is 7.02. The van der Waals surface area contributed by atoms with Gasteiger partial charge in [0.1, 0.15) is 5.01 Å². The molecule has 0 radical (unpaired) electrons. The Morgan fingerprint density at radius 1 is 1.61 bits per heavy atom. The third-order valence-electron chi connectivity index (χ3n) is 4.01. The SMILES string of the molecule is CCOC1CC(NC(C)c2ncc(C)s2)C1(C)C. The van der Waals surface area contributed by atoms with E-state index in [2.05, 4.69) is 44.9 Å². The molecule has 1 aliphatic carbocycles. The first-order chi connectivity index (χ1) is 8.45. The summed E-state index contributed by atoms with van der Waals surface area (Å²) in [5.74, 6) is 0. The number of thiazole rings is 1. The highest BCUT2D eigenvalue weighted by Crippen LogP contribution is 2.43. The van der Waals surface area contributed by atoms with Gasteiger partial charge in [0.2, 0.25) is 0 Å².